The van der Waals surface area contributed by atoms with Crippen LogP contribution in [0.4, 0.5) is 5.69 Å². The predicted octanol–water partition coefficient (Wildman–Crippen LogP) is 4.25. The van der Waals surface area contributed by atoms with Crippen molar-refractivity contribution in [3.05, 3.63) is 59.8 Å². The van der Waals surface area contributed by atoms with Crippen LogP contribution in [0.5, 0.6) is 11.5 Å². The van der Waals surface area contributed by atoms with Crippen molar-refractivity contribution in [1.82, 2.24) is 4.90 Å². The van der Waals surface area contributed by atoms with Gasteiger partial charge in [-0.1, -0.05) is 18.2 Å². The van der Waals surface area contributed by atoms with Crippen molar-refractivity contribution >= 4 is 23.1 Å². The molecule has 31 heavy (non-hydrogen) atoms. The molecule has 2 heterocycles. The molecule has 0 radical (unpaired) electrons. The Morgan fingerprint density at radius 2 is 1.65 bits per heavy atom. The van der Waals surface area contributed by atoms with Crippen molar-refractivity contribution in [3.63, 3.8) is 0 Å². The molecule has 0 bridgehead atoms. The summed E-state index contributed by atoms with van der Waals surface area (Å²) in [6.07, 6.45) is 2.09. The van der Waals surface area contributed by atoms with Crippen LogP contribution in [0.2, 0.25) is 0 Å². The molecule has 0 aliphatic carbocycles. The zero-order chi connectivity index (χ0) is 22.0. The predicted molar refractivity (Wildman–Crippen MR) is 120 cm³/mol. The van der Waals surface area contributed by atoms with E-state index in [0.29, 0.717) is 29.3 Å². The minimum atomic E-state index is -0.307. The molecule has 0 aromatic heterocycles. The van der Waals surface area contributed by atoms with E-state index in [1.165, 1.54) is 4.90 Å². The van der Waals surface area contributed by atoms with Crippen molar-refractivity contribution in [2.24, 2.45) is 0 Å². The monoisotopic (exact) mass is 420 g/mol. The van der Waals surface area contributed by atoms with Gasteiger partial charge in [0.1, 0.15) is 17.2 Å². The molecular formula is C25H28N2O4. The Hall–Kier alpha value is -3.28. The standard InChI is InChI=1S/C25H28N2O4/c1-4-30-21-9-7-8-19(16-21)27-24(28)22(23(25(27)29)26-14-5-6-15-26)18-10-12-20(13-11-18)31-17(2)3/h7-13,16-17H,4-6,14-15H2,1-3H3. The molecule has 1 saturated heterocycles. The Labute approximate surface area is 183 Å². The van der Waals surface area contributed by atoms with E-state index in [2.05, 4.69) is 0 Å². The second kappa shape index (κ2) is 8.84. The van der Waals surface area contributed by atoms with Crippen LogP contribution in [0, 0.1) is 0 Å². The topological polar surface area (TPSA) is 59.1 Å². The second-order valence-electron chi connectivity index (χ2n) is 7.98. The van der Waals surface area contributed by atoms with Crippen molar-refractivity contribution in [3.8, 4) is 11.5 Å². The number of anilines is 1. The number of carbonyl (C=O) groups excluding carboxylic acids is 2. The maximum atomic E-state index is 13.6. The molecular weight excluding hydrogens is 392 g/mol. The van der Waals surface area contributed by atoms with Crippen LogP contribution in [0.1, 0.15) is 39.2 Å². The van der Waals surface area contributed by atoms with Crippen molar-refractivity contribution in [1.29, 1.82) is 0 Å². The van der Waals surface area contributed by atoms with E-state index in [0.717, 1.165) is 37.2 Å². The van der Waals surface area contributed by atoms with Gasteiger partial charge in [-0.15, -0.1) is 0 Å². The minimum Gasteiger partial charge on any atom is -0.494 e. The molecule has 0 saturated carbocycles. The largest absolute Gasteiger partial charge is 0.494 e. The number of imide groups is 1. The summed E-state index contributed by atoms with van der Waals surface area (Å²) in [4.78, 5) is 30.4. The van der Waals surface area contributed by atoms with Crippen molar-refractivity contribution in [2.45, 2.75) is 39.7 Å². The van der Waals surface area contributed by atoms with Gasteiger partial charge in [-0.2, -0.15) is 0 Å². The highest BCUT2D eigenvalue weighted by atomic mass is 16.5. The highest BCUT2D eigenvalue weighted by Gasteiger charge is 2.43. The van der Waals surface area contributed by atoms with Crippen LogP contribution in [-0.4, -0.2) is 42.5 Å². The van der Waals surface area contributed by atoms with E-state index in [9.17, 15) is 9.59 Å². The molecule has 2 aliphatic heterocycles. The van der Waals surface area contributed by atoms with Gasteiger partial charge < -0.3 is 14.4 Å². The van der Waals surface area contributed by atoms with E-state index in [4.69, 9.17) is 9.47 Å². The molecule has 162 valence electrons. The van der Waals surface area contributed by atoms with Gasteiger partial charge >= 0.3 is 0 Å². The quantitative estimate of drug-likeness (QED) is 0.627. The fourth-order valence-corrected chi connectivity index (χ4v) is 4.10. The van der Waals surface area contributed by atoms with Gasteiger partial charge in [0.15, 0.2) is 0 Å². The first kappa shape index (κ1) is 21.0. The third kappa shape index (κ3) is 4.15. The van der Waals surface area contributed by atoms with Crippen molar-refractivity contribution in [2.75, 3.05) is 24.6 Å². The SMILES string of the molecule is CCOc1cccc(N2C(=O)C(c3ccc(OC(C)C)cc3)=C(N3CCCC3)C2=O)c1. The lowest BCUT2D eigenvalue weighted by molar-refractivity contribution is -0.120. The van der Waals surface area contributed by atoms with Crippen LogP contribution in [0.15, 0.2) is 54.2 Å². The molecule has 6 nitrogen and oxygen atoms in total. The molecule has 6 heteroatoms. The maximum absolute atomic E-state index is 13.6. The third-order valence-corrected chi connectivity index (χ3v) is 5.38. The lowest BCUT2D eigenvalue weighted by atomic mass is 10.0. The fourth-order valence-electron chi connectivity index (χ4n) is 4.10. The lowest BCUT2D eigenvalue weighted by Gasteiger charge is -2.20. The number of likely N-dealkylation sites (tertiary alicyclic amines) is 1. The Kier molecular flexibility index (Phi) is 5.98. The summed E-state index contributed by atoms with van der Waals surface area (Å²) in [5.41, 5.74) is 2.18. The van der Waals surface area contributed by atoms with Gasteiger partial charge in [-0.3, -0.25) is 9.59 Å². The molecule has 0 atom stereocenters. The number of carbonyl (C=O) groups is 2. The minimum absolute atomic E-state index is 0.0630. The summed E-state index contributed by atoms with van der Waals surface area (Å²) in [5.74, 6) is 0.781. The van der Waals surface area contributed by atoms with Crippen LogP contribution in [-0.2, 0) is 9.59 Å². The number of rotatable bonds is 7. The van der Waals surface area contributed by atoms with Gasteiger partial charge in [-0.05, 0) is 63.4 Å². The number of hydrogen-bond acceptors (Lipinski definition) is 5. The number of nitrogens with zero attached hydrogens (tertiary/aromatic N) is 2. The summed E-state index contributed by atoms with van der Waals surface area (Å²) < 4.78 is 11.3. The number of benzene rings is 2. The molecule has 4 rings (SSSR count). The number of ether oxygens (including phenoxy) is 2. The van der Waals surface area contributed by atoms with E-state index in [1.807, 2.05) is 56.0 Å². The first-order valence-corrected chi connectivity index (χ1v) is 10.9. The number of amides is 2. The van der Waals surface area contributed by atoms with Gasteiger partial charge in [0, 0.05) is 19.2 Å². The Bertz CT molecular complexity index is 1000. The van der Waals surface area contributed by atoms with Gasteiger partial charge in [0.05, 0.1) is 24.0 Å². The number of hydrogen-bond donors (Lipinski definition) is 0. The first-order valence-electron chi connectivity index (χ1n) is 10.9. The normalized spacial score (nSPS) is 16.6. The van der Waals surface area contributed by atoms with E-state index in [1.54, 1.807) is 18.2 Å². The molecule has 0 unspecified atom stereocenters. The van der Waals surface area contributed by atoms with E-state index >= 15 is 0 Å². The molecule has 2 aliphatic rings. The van der Waals surface area contributed by atoms with Crippen LogP contribution in [0.25, 0.3) is 5.57 Å². The zero-order valence-corrected chi connectivity index (χ0v) is 18.3. The lowest BCUT2D eigenvalue weighted by Crippen LogP contribution is -2.34. The molecule has 0 N–H and O–H groups in total. The highest BCUT2D eigenvalue weighted by Crippen LogP contribution is 2.37. The van der Waals surface area contributed by atoms with Crippen molar-refractivity contribution < 1.29 is 19.1 Å². The molecule has 2 aromatic carbocycles. The molecule has 2 amide bonds. The fraction of sp³-hybridized carbons (Fsp3) is 0.360. The van der Waals surface area contributed by atoms with E-state index in [-0.39, 0.29) is 17.9 Å². The summed E-state index contributed by atoms with van der Waals surface area (Å²) in [7, 11) is 0. The third-order valence-electron chi connectivity index (χ3n) is 5.38. The van der Waals surface area contributed by atoms with Crippen LogP contribution < -0.4 is 14.4 Å². The molecule has 2 aromatic rings. The average Bonchev–Trinajstić information content (AvgIpc) is 3.35. The smallest absolute Gasteiger partial charge is 0.282 e. The average molecular weight is 421 g/mol. The Morgan fingerprint density at radius 1 is 0.935 bits per heavy atom. The van der Waals surface area contributed by atoms with Gasteiger partial charge in [0.25, 0.3) is 11.8 Å². The molecule has 1 fully saturated rings. The first-order chi connectivity index (χ1) is 15.0. The zero-order valence-electron chi connectivity index (χ0n) is 18.3. The summed E-state index contributed by atoms with van der Waals surface area (Å²) in [6.45, 7) is 7.90. The Morgan fingerprint density at radius 3 is 2.29 bits per heavy atom. The van der Waals surface area contributed by atoms with Crippen LogP contribution >= 0.6 is 0 Å². The van der Waals surface area contributed by atoms with Crippen LogP contribution in [0.3, 0.4) is 0 Å². The highest BCUT2D eigenvalue weighted by molar-refractivity contribution is 6.45. The Balaban J connectivity index is 1.74. The maximum Gasteiger partial charge on any atom is 0.282 e. The van der Waals surface area contributed by atoms with Gasteiger partial charge in [-0.25, -0.2) is 4.90 Å². The van der Waals surface area contributed by atoms with Gasteiger partial charge in [0.2, 0.25) is 0 Å². The summed E-state index contributed by atoms with van der Waals surface area (Å²) >= 11 is 0. The second-order valence-corrected chi connectivity index (χ2v) is 7.98. The van der Waals surface area contributed by atoms with E-state index < -0.39 is 0 Å². The summed E-state index contributed by atoms with van der Waals surface area (Å²) in [5, 5.41) is 0. The molecule has 0 spiro atoms. The summed E-state index contributed by atoms with van der Waals surface area (Å²) in [6, 6.07) is 14.5.